The lowest BCUT2D eigenvalue weighted by Gasteiger charge is -2.25. The average molecular weight is 394 g/mol. The van der Waals surface area contributed by atoms with Crippen LogP contribution in [0.4, 0.5) is 5.69 Å². The van der Waals surface area contributed by atoms with Crippen LogP contribution in [0.15, 0.2) is 21.6 Å². The lowest BCUT2D eigenvalue weighted by molar-refractivity contribution is 0.0515. The number of rotatable bonds is 5. The molecule has 2 heterocycles. The number of hydrogen-bond donors (Lipinski definition) is 1. The topological polar surface area (TPSA) is 108 Å². The summed E-state index contributed by atoms with van der Waals surface area (Å²) in [5.74, 6) is 0.406. The number of nitrogens with zero attached hydrogens (tertiary/aromatic N) is 1. The third kappa shape index (κ3) is 3.39. The first kappa shape index (κ1) is 19.2. The minimum atomic E-state index is -3.71. The van der Waals surface area contributed by atoms with Gasteiger partial charge < -0.3 is 19.3 Å². The number of ether oxygens (including phenoxy) is 2. The van der Waals surface area contributed by atoms with Crippen LogP contribution in [0.5, 0.6) is 5.75 Å². The normalized spacial score (nSPS) is 16.4. The Kier molecular flexibility index (Phi) is 5.14. The fourth-order valence-electron chi connectivity index (χ4n) is 3.33. The number of methoxy groups -OCH3 is 1. The molecule has 1 N–H and O–H groups in total. The monoisotopic (exact) mass is 394 g/mol. The van der Waals surface area contributed by atoms with E-state index in [0.717, 1.165) is 0 Å². The predicted octanol–water partition coefficient (Wildman–Crippen LogP) is 2.63. The quantitative estimate of drug-likeness (QED) is 0.771. The number of fused-ring (bicyclic) bond motifs is 1. The average Bonchev–Trinajstić information content (AvgIpc) is 3.04. The van der Waals surface area contributed by atoms with Crippen molar-refractivity contribution in [2.24, 2.45) is 0 Å². The number of aryl methyl sites for hydroxylation is 3. The summed E-state index contributed by atoms with van der Waals surface area (Å²) in [5, 5.41) is 5.77. The zero-order chi connectivity index (χ0) is 19.8. The molecule has 0 fully saturated rings. The second kappa shape index (κ2) is 7.22. The molecule has 1 aromatic carbocycles. The molecule has 1 aliphatic heterocycles. The lowest BCUT2D eigenvalue weighted by atomic mass is 10.1. The Morgan fingerprint density at radius 3 is 2.59 bits per heavy atom. The number of aromatic nitrogens is 1. The highest BCUT2D eigenvalue weighted by atomic mass is 32.2. The summed E-state index contributed by atoms with van der Waals surface area (Å²) in [6.45, 7) is 5.34. The van der Waals surface area contributed by atoms with Crippen molar-refractivity contribution in [1.82, 2.24) is 5.16 Å². The van der Waals surface area contributed by atoms with E-state index in [9.17, 15) is 13.2 Å². The zero-order valence-corrected chi connectivity index (χ0v) is 16.5. The first-order valence-corrected chi connectivity index (χ1v) is 10.2. The van der Waals surface area contributed by atoms with E-state index in [1.807, 2.05) is 0 Å². The summed E-state index contributed by atoms with van der Waals surface area (Å²) >= 11 is 0. The molecular formula is C18H22N2O6S. The SMILES string of the molecule is CCOC(=O)c1noc2c1NC(S(=O)(=O)c1c(C)cc(OC)cc1C)CC2. The van der Waals surface area contributed by atoms with Crippen LogP contribution in [0, 0.1) is 13.8 Å². The van der Waals surface area contributed by atoms with Gasteiger partial charge in [-0.3, -0.25) is 0 Å². The van der Waals surface area contributed by atoms with Crippen LogP contribution in [0.2, 0.25) is 0 Å². The van der Waals surface area contributed by atoms with Crippen molar-refractivity contribution in [3.8, 4) is 5.75 Å². The van der Waals surface area contributed by atoms with Gasteiger partial charge in [-0.05, 0) is 50.5 Å². The number of hydrogen-bond acceptors (Lipinski definition) is 8. The molecule has 0 saturated heterocycles. The van der Waals surface area contributed by atoms with Gasteiger partial charge in [0.15, 0.2) is 15.6 Å². The molecule has 1 aliphatic rings. The van der Waals surface area contributed by atoms with Crippen LogP contribution in [0.1, 0.15) is 40.7 Å². The molecule has 1 aromatic heterocycles. The third-order valence-corrected chi connectivity index (χ3v) is 6.81. The van der Waals surface area contributed by atoms with Gasteiger partial charge in [-0.25, -0.2) is 13.2 Å². The van der Waals surface area contributed by atoms with Crippen LogP contribution < -0.4 is 10.1 Å². The smallest absolute Gasteiger partial charge is 0.362 e. The minimum absolute atomic E-state index is 0.0325. The van der Waals surface area contributed by atoms with Crippen molar-refractivity contribution in [2.45, 2.75) is 43.9 Å². The molecule has 0 amide bonds. The maximum absolute atomic E-state index is 13.3. The van der Waals surface area contributed by atoms with Gasteiger partial charge in [0.1, 0.15) is 16.8 Å². The van der Waals surface area contributed by atoms with E-state index >= 15 is 0 Å². The van der Waals surface area contributed by atoms with E-state index < -0.39 is 21.2 Å². The molecule has 0 bridgehead atoms. The van der Waals surface area contributed by atoms with E-state index in [4.69, 9.17) is 14.0 Å². The summed E-state index contributed by atoms with van der Waals surface area (Å²) in [7, 11) is -2.17. The molecular weight excluding hydrogens is 372 g/mol. The zero-order valence-electron chi connectivity index (χ0n) is 15.7. The van der Waals surface area contributed by atoms with E-state index in [1.54, 1.807) is 32.9 Å². The van der Waals surface area contributed by atoms with Gasteiger partial charge in [0.05, 0.1) is 18.6 Å². The predicted molar refractivity (Wildman–Crippen MR) is 97.8 cm³/mol. The Bertz CT molecular complexity index is 957. The van der Waals surface area contributed by atoms with Crippen molar-refractivity contribution in [3.63, 3.8) is 0 Å². The van der Waals surface area contributed by atoms with Crippen molar-refractivity contribution < 1.29 is 27.2 Å². The number of nitrogens with one attached hydrogen (secondary N) is 1. The number of benzene rings is 1. The fraction of sp³-hybridized carbons (Fsp3) is 0.444. The summed E-state index contributed by atoms with van der Waals surface area (Å²) in [6.07, 6.45) is 0.657. The Morgan fingerprint density at radius 2 is 2.00 bits per heavy atom. The molecule has 0 saturated carbocycles. The van der Waals surface area contributed by atoms with Crippen LogP contribution in [0.25, 0.3) is 0 Å². The highest BCUT2D eigenvalue weighted by Gasteiger charge is 2.37. The first-order chi connectivity index (χ1) is 12.8. The standard InChI is InChI=1S/C18H22N2O6S/c1-5-25-18(21)16-15-13(26-20-16)6-7-14(19-15)27(22,23)17-10(2)8-12(24-4)9-11(17)3/h8-9,14,19H,5-7H2,1-4H3. The maximum atomic E-state index is 13.3. The molecule has 0 spiro atoms. The molecule has 0 radical (unpaired) electrons. The van der Waals surface area contributed by atoms with Gasteiger partial charge >= 0.3 is 5.97 Å². The largest absolute Gasteiger partial charge is 0.497 e. The highest BCUT2D eigenvalue weighted by Crippen LogP contribution is 2.35. The highest BCUT2D eigenvalue weighted by molar-refractivity contribution is 7.92. The second-order valence-corrected chi connectivity index (χ2v) is 8.42. The number of carbonyl (C=O) groups is 1. The van der Waals surface area contributed by atoms with Crippen molar-refractivity contribution in [2.75, 3.05) is 19.0 Å². The van der Waals surface area contributed by atoms with Crippen molar-refractivity contribution in [1.29, 1.82) is 0 Å². The van der Waals surface area contributed by atoms with Crippen LogP contribution in [-0.4, -0.2) is 38.6 Å². The Labute approximate surface area is 157 Å². The van der Waals surface area contributed by atoms with Gasteiger partial charge in [-0.1, -0.05) is 5.16 Å². The van der Waals surface area contributed by atoms with Crippen molar-refractivity contribution in [3.05, 3.63) is 34.7 Å². The molecule has 1 atom stereocenters. The number of esters is 1. The number of anilines is 1. The molecule has 8 nitrogen and oxygen atoms in total. The van der Waals surface area contributed by atoms with Crippen LogP contribution in [-0.2, 0) is 21.0 Å². The van der Waals surface area contributed by atoms with Gasteiger partial charge in [0.2, 0.25) is 5.69 Å². The molecule has 3 rings (SSSR count). The number of sulfone groups is 1. The van der Waals surface area contributed by atoms with Gasteiger partial charge in [-0.2, -0.15) is 0 Å². The Balaban J connectivity index is 1.97. The molecule has 0 aliphatic carbocycles. The minimum Gasteiger partial charge on any atom is -0.497 e. The Morgan fingerprint density at radius 1 is 1.33 bits per heavy atom. The molecule has 2 aromatic rings. The third-order valence-electron chi connectivity index (χ3n) is 4.50. The molecule has 27 heavy (non-hydrogen) atoms. The Hall–Kier alpha value is -2.55. The van der Waals surface area contributed by atoms with Crippen LogP contribution >= 0.6 is 0 Å². The number of carbonyl (C=O) groups excluding carboxylic acids is 1. The summed E-state index contributed by atoms with van der Waals surface area (Å²) in [4.78, 5) is 12.3. The van der Waals surface area contributed by atoms with Gasteiger partial charge in [0, 0.05) is 6.42 Å². The van der Waals surface area contributed by atoms with E-state index in [2.05, 4.69) is 10.5 Å². The summed E-state index contributed by atoms with van der Waals surface area (Å²) in [6, 6.07) is 3.38. The molecule has 146 valence electrons. The molecule has 1 unspecified atom stereocenters. The van der Waals surface area contributed by atoms with E-state index in [-0.39, 0.29) is 22.9 Å². The van der Waals surface area contributed by atoms with Gasteiger partial charge in [-0.15, -0.1) is 0 Å². The summed E-state index contributed by atoms with van der Waals surface area (Å²) in [5.41, 5.74) is 1.47. The fourth-order valence-corrected chi connectivity index (χ4v) is 5.33. The maximum Gasteiger partial charge on any atom is 0.362 e. The van der Waals surface area contributed by atoms with Crippen LogP contribution in [0.3, 0.4) is 0 Å². The first-order valence-electron chi connectivity index (χ1n) is 8.61. The second-order valence-electron chi connectivity index (χ2n) is 6.36. The summed E-state index contributed by atoms with van der Waals surface area (Å²) < 4.78 is 41.9. The van der Waals surface area contributed by atoms with E-state index in [0.29, 0.717) is 35.5 Å². The van der Waals surface area contributed by atoms with E-state index in [1.165, 1.54) is 7.11 Å². The van der Waals surface area contributed by atoms with Gasteiger partial charge in [0.25, 0.3) is 0 Å². The molecule has 9 heteroatoms. The lowest BCUT2D eigenvalue weighted by Crippen LogP contribution is -2.34. The van der Waals surface area contributed by atoms with Crippen molar-refractivity contribution >= 4 is 21.5 Å².